The van der Waals surface area contributed by atoms with Crippen LogP contribution in [0.25, 0.3) is 0 Å². The highest BCUT2D eigenvalue weighted by Crippen LogP contribution is 2.61. The van der Waals surface area contributed by atoms with Gasteiger partial charge < -0.3 is 34.0 Å². The number of hydrogen-bond acceptors (Lipinski definition) is 8. The fourth-order valence-corrected chi connectivity index (χ4v) is 9.01. The van der Waals surface area contributed by atoms with Gasteiger partial charge >= 0.3 is 0 Å². The lowest BCUT2D eigenvalue weighted by Crippen LogP contribution is -2.60. The predicted molar refractivity (Wildman–Crippen MR) is 187 cm³/mol. The lowest BCUT2D eigenvalue weighted by Gasteiger charge is -2.40. The number of aliphatic hydroxyl groups is 1. The Bertz CT molecular complexity index is 1320. The third-order valence-corrected chi connectivity index (χ3v) is 10.9. The van der Waals surface area contributed by atoms with E-state index in [4.69, 9.17) is 14.2 Å². The topological polar surface area (TPSA) is 112 Å². The third-order valence-electron chi connectivity index (χ3n) is 10.1. The zero-order valence-electron chi connectivity index (χ0n) is 28.5. The van der Waals surface area contributed by atoms with Gasteiger partial charge in [-0.15, -0.1) is 13.2 Å². The van der Waals surface area contributed by atoms with Crippen LogP contribution in [0.1, 0.15) is 33.6 Å². The highest BCUT2D eigenvalue weighted by molar-refractivity contribution is 9.09. The summed E-state index contributed by atoms with van der Waals surface area (Å²) in [6.07, 6.45) is 3.63. The number of carbonyl (C=O) groups is 3. The summed E-state index contributed by atoms with van der Waals surface area (Å²) in [6, 6.07) is 5.66. The molecule has 0 radical (unpaired) electrons. The molecule has 5 rings (SSSR count). The summed E-state index contributed by atoms with van der Waals surface area (Å²) in [5.41, 5.74) is -0.594. The highest BCUT2D eigenvalue weighted by Gasteiger charge is 2.77. The standard InChI is InChI=1S/C36H51BrN4O7/c1-6-13-39(16-15-38-17-19-46-20-18-38)35(45)32-36-22-28(37)31(48-36)29(30(36)34(44)41(32)26(23-42)21-24(4)5)33(43)40(14-7-2)25-9-11-27(12-10-25)47-8-3/h6-7,9-12,24,26,28-32,42H,1-2,8,13-23H2,3-5H3/t26-,28?,29-,30+,31-,32?,36?/m1/s1. The van der Waals surface area contributed by atoms with Crippen molar-refractivity contribution >= 4 is 39.3 Å². The maximum atomic E-state index is 14.9. The number of ether oxygens (including phenoxy) is 3. The van der Waals surface area contributed by atoms with E-state index < -0.39 is 35.6 Å². The number of fused-ring (bicyclic) bond motifs is 1. The molecule has 12 heteroatoms. The molecule has 2 bridgehead atoms. The minimum absolute atomic E-state index is 0.149. The Morgan fingerprint density at radius 2 is 1.83 bits per heavy atom. The number of likely N-dealkylation sites (tertiary alicyclic amines) is 1. The van der Waals surface area contributed by atoms with E-state index in [1.165, 1.54) is 0 Å². The largest absolute Gasteiger partial charge is 0.494 e. The molecule has 0 saturated carbocycles. The molecule has 4 fully saturated rings. The molecule has 3 unspecified atom stereocenters. The molecular weight excluding hydrogens is 680 g/mol. The van der Waals surface area contributed by atoms with Crippen LogP contribution < -0.4 is 9.64 Å². The molecule has 0 aromatic heterocycles. The SMILES string of the molecule is C=CCN(CCN1CCOCC1)C(=O)C1N([C@@H](CO)CC(C)C)C(=O)[C@@H]2[C@@H](C(=O)N(CC=C)c3ccc(OCC)cc3)[C@@H]3OC12CC3Br. The van der Waals surface area contributed by atoms with E-state index in [0.29, 0.717) is 63.7 Å². The zero-order valence-corrected chi connectivity index (χ0v) is 30.1. The average molecular weight is 732 g/mol. The molecule has 0 aliphatic carbocycles. The summed E-state index contributed by atoms with van der Waals surface area (Å²) in [5, 5.41) is 10.7. The van der Waals surface area contributed by atoms with Crippen LogP contribution >= 0.6 is 15.9 Å². The monoisotopic (exact) mass is 730 g/mol. The van der Waals surface area contributed by atoms with Crippen molar-refractivity contribution in [2.24, 2.45) is 17.8 Å². The third kappa shape index (κ3) is 6.96. The first kappa shape index (κ1) is 36.5. The predicted octanol–water partition coefficient (Wildman–Crippen LogP) is 3.11. The van der Waals surface area contributed by atoms with Crippen molar-refractivity contribution in [3.8, 4) is 5.75 Å². The molecule has 264 valence electrons. The smallest absolute Gasteiger partial charge is 0.248 e. The number of carbonyl (C=O) groups excluding carboxylic acids is 3. The lowest BCUT2D eigenvalue weighted by molar-refractivity contribution is -0.151. The van der Waals surface area contributed by atoms with Crippen molar-refractivity contribution in [2.75, 3.05) is 70.6 Å². The van der Waals surface area contributed by atoms with Gasteiger partial charge in [-0.25, -0.2) is 0 Å². The summed E-state index contributed by atoms with van der Waals surface area (Å²) in [5.74, 6) is -1.72. The number of aliphatic hydroxyl groups excluding tert-OH is 1. The average Bonchev–Trinajstić information content (AvgIpc) is 3.68. The fourth-order valence-electron chi connectivity index (χ4n) is 8.07. The van der Waals surface area contributed by atoms with Gasteiger partial charge in [-0.05, 0) is 49.9 Å². The van der Waals surface area contributed by atoms with Crippen LogP contribution in [0, 0.1) is 17.8 Å². The molecule has 4 heterocycles. The second-order valence-corrected chi connectivity index (χ2v) is 14.7. The van der Waals surface area contributed by atoms with Crippen molar-refractivity contribution in [3.63, 3.8) is 0 Å². The normalized spacial score (nSPS) is 28.8. The van der Waals surface area contributed by atoms with Gasteiger partial charge in [0.25, 0.3) is 0 Å². The molecule has 4 aliphatic heterocycles. The van der Waals surface area contributed by atoms with Gasteiger partial charge in [-0.3, -0.25) is 19.3 Å². The first-order valence-electron chi connectivity index (χ1n) is 17.2. The molecule has 3 amide bonds. The Kier molecular flexibility index (Phi) is 12.1. The molecule has 7 atom stereocenters. The van der Waals surface area contributed by atoms with Crippen molar-refractivity contribution < 1.29 is 33.7 Å². The Labute approximate surface area is 293 Å². The number of morpholine rings is 1. The summed E-state index contributed by atoms with van der Waals surface area (Å²) >= 11 is 3.80. The molecule has 1 spiro atoms. The fraction of sp³-hybridized carbons (Fsp3) is 0.639. The molecule has 11 nitrogen and oxygen atoms in total. The Balaban J connectivity index is 1.53. The van der Waals surface area contributed by atoms with Crippen LogP contribution in [0.3, 0.4) is 0 Å². The maximum Gasteiger partial charge on any atom is 0.248 e. The number of anilines is 1. The molecule has 4 saturated heterocycles. The van der Waals surface area contributed by atoms with Gasteiger partial charge in [-0.2, -0.15) is 0 Å². The number of hydrogen-bond donors (Lipinski definition) is 1. The Morgan fingerprint density at radius 1 is 1.15 bits per heavy atom. The molecule has 1 aromatic rings. The highest BCUT2D eigenvalue weighted by atomic mass is 79.9. The van der Waals surface area contributed by atoms with Crippen LogP contribution in [0.5, 0.6) is 5.75 Å². The van der Waals surface area contributed by atoms with E-state index in [9.17, 15) is 19.5 Å². The van der Waals surface area contributed by atoms with Gasteiger partial charge in [-0.1, -0.05) is 41.9 Å². The van der Waals surface area contributed by atoms with Gasteiger partial charge in [0.2, 0.25) is 17.7 Å². The van der Waals surface area contributed by atoms with Crippen LogP contribution in [0.15, 0.2) is 49.6 Å². The molecule has 1 N–H and O–H groups in total. The van der Waals surface area contributed by atoms with E-state index in [-0.39, 0.29) is 41.6 Å². The number of halogens is 1. The van der Waals surface area contributed by atoms with Gasteiger partial charge in [0.05, 0.1) is 50.4 Å². The van der Waals surface area contributed by atoms with Crippen LogP contribution in [-0.4, -0.2) is 132 Å². The maximum absolute atomic E-state index is 14.9. The van der Waals surface area contributed by atoms with Crippen LogP contribution in [0.2, 0.25) is 0 Å². The lowest BCUT2D eigenvalue weighted by atomic mass is 9.70. The van der Waals surface area contributed by atoms with E-state index in [2.05, 4.69) is 34.0 Å². The summed E-state index contributed by atoms with van der Waals surface area (Å²) in [4.78, 5) is 51.3. The minimum atomic E-state index is -1.24. The van der Waals surface area contributed by atoms with Crippen molar-refractivity contribution in [1.29, 1.82) is 0 Å². The minimum Gasteiger partial charge on any atom is -0.494 e. The first-order valence-corrected chi connectivity index (χ1v) is 18.1. The van der Waals surface area contributed by atoms with E-state index in [0.717, 1.165) is 13.1 Å². The zero-order chi connectivity index (χ0) is 34.6. The second-order valence-electron chi connectivity index (χ2n) is 13.6. The van der Waals surface area contributed by atoms with Gasteiger partial charge in [0.1, 0.15) is 17.4 Å². The summed E-state index contributed by atoms with van der Waals surface area (Å²) in [7, 11) is 0. The number of nitrogens with zero attached hydrogens (tertiary/aromatic N) is 4. The van der Waals surface area contributed by atoms with Gasteiger partial charge in [0, 0.05) is 49.8 Å². The van der Waals surface area contributed by atoms with E-state index >= 15 is 0 Å². The number of rotatable bonds is 16. The van der Waals surface area contributed by atoms with Crippen LogP contribution in [-0.2, 0) is 23.9 Å². The molecule has 48 heavy (non-hydrogen) atoms. The van der Waals surface area contributed by atoms with E-state index in [1.54, 1.807) is 26.9 Å². The molecular formula is C36H51BrN4O7. The Morgan fingerprint density at radius 3 is 2.44 bits per heavy atom. The number of benzene rings is 1. The quantitative estimate of drug-likeness (QED) is 0.204. The molecule has 4 aliphatic rings. The van der Waals surface area contributed by atoms with Gasteiger partial charge in [0.15, 0.2) is 0 Å². The summed E-state index contributed by atoms with van der Waals surface area (Å²) in [6.45, 7) is 18.5. The van der Waals surface area contributed by atoms with Crippen LogP contribution in [0.4, 0.5) is 5.69 Å². The van der Waals surface area contributed by atoms with Crippen molar-refractivity contribution in [2.45, 2.75) is 62.2 Å². The number of alkyl halides is 1. The van der Waals surface area contributed by atoms with Crippen molar-refractivity contribution in [1.82, 2.24) is 14.7 Å². The number of amides is 3. The Hall–Kier alpha value is -2.77. The molecule has 1 aromatic carbocycles. The second kappa shape index (κ2) is 15.8. The van der Waals surface area contributed by atoms with E-state index in [1.807, 2.05) is 45.0 Å². The summed E-state index contributed by atoms with van der Waals surface area (Å²) < 4.78 is 17.9. The first-order chi connectivity index (χ1) is 23.1. The van der Waals surface area contributed by atoms with Crippen molar-refractivity contribution in [3.05, 3.63) is 49.6 Å².